The minimum absolute atomic E-state index is 0.647. The van der Waals surface area contributed by atoms with Crippen molar-refractivity contribution in [3.05, 3.63) is 40.0 Å². The standard InChI is InChI=1S/C13H17N3OS/c1-3-13-16-9-11(18-13)8-14-6-10-4-5-12(17-2)15-7-10/h4-5,7,9,14H,3,6,8H2,1-2H3. The maximum atomic E-state index is 5.02. The highest BCUT2D eigenvalue weighted by molar-refractivity contribution is 7.11. The van der Waals surface area contributed by atoms with E-state index in [9.17, 15) is 0 Å². The van der Waals surface area contributed by atoms with Crippen LogP contribution in [0.2, 0.25) is 0 Å². The number of nitrogens with one attached hydrogen (secondary N) is 1. The van der Waals surface area contributed by atoms with Crippen LogP contribution in [-0.2, 0) is 19.5 Å². The van der Waals surface area contributed by atoms with E-state index in [0.29, 0.717) is 5.88 Å². The molecule has 0 fully saturated rings. The second-order valence-corrected chi connectivity index (χ2v) is 5.09. The van der Waals surface area contributed by atoms with E-state index in [4.69, 9.17) is 4.74 Å². The van der Waals surface area contributed by atoms with Crippen LogP contribution in [0.1, 0.15) is 22.4 Å². The number of pyridine rings is 1. The highest BCUT2D eigenvalue weighted by atomic mass is 32.1. The summed E-state index contributed by atoms with van der Waals surface area (Å²) in [5.74, 6) is 0.647. The second kappa shape index (κ2) is 6.47. The van der Waals surface area contributed by atoms with Crippen molar-refractivity contribution in [1.29, 1.82) is 0 Å². The number of nitrogens with zero attached hydrogens (tertiary/aromatic N) is 2. The van der Waals surface area contributed by atoms with Gasteiger partial charge in [0.05, 0.1) is 12.1 Å². The summed E-state index contributed by atoms with van der Waals surface area (Å²) in [6, 6.07) is 3.89. The maximum absolute atomic E-state index is 5.02. The minimum atomic E-state index is 0.647. The molecule has 0 radical (unpaired) electrons. The lowest BCUT2D eigenvalue weighted by atomic mass is 10.3. The Bertz CT molecular complexity index is 481. The lowest BCUT2D eigenvalue weighted by Crippen LogP contribution is -2.11. The van der Waals surface area contributed by atoms with Gasteiger partial charge in [0, 0.05) is 36.4 Å². The van der Waals surface area contributed by atoms with Gasteiger partial charge in [0.2, 0.25) is 5.88 Å². The van der Waals surface area contributed by atoms with E-state index in [0.717, 1.165) is 25.1 Å². The fourth-order valence-corrected chi connectivity index (χ4v) is 2.39. The van der Waals surface area contributed by atoms with Gasteiger partial charge < -0.3 is 10.1 Å². The van der Waals surface area contributed by atoms with E-state index in [2.05, 4.69) is 22.2 Å². The topological polar surface area (TPSA) is 47.0 Å². The number of ether oxygens (including phenoxy) is 1. The van der Waals surface area contributed by atoms with E-state index < -0.39 is 0 Å². The molecule has 0 bridgehead atoms. The van der Waals surface area contributed by atoms with Crippen molar-refractivity contribution < 1.29 is 4.74 Å². The van der Waals surface area contributed by atoms with Crippen LogP contribution in [-0.4, -0.2) is 17.1 Å². The molecule has 1 N–H and O–H groups in total. The minimum Gasteiger partial charge on any atom is -0.481 e. The molecule has 2 rings (SSSR count). The van der Waals surface area contributed by atoms with Gasteiger partial charge in [-0.25, -0.2) is 9.97 Å². The Hall–Kier alpha value is -1.46. The van der Waals surface area contributed by atoms with Gasteiger partial charge >= 0.3 is 0 Å². The summed E-state index contributed by atoms with van der Waals surface area (Å²) in [5.41, 5.74) is 1.15. The van der Waals surface area contributed by atoms with Crippen LogP contribution in [0.25, 0.3) is 0 Å². The summed E-state index contributed by atoms with van der Waals surface area (Å²) in [7, 11) is 1.62. The molecule has 0 saturated heterocycles. The summed E-state index contributed by atoms with van der Waals surface area (Å²) < 4.78 is 5.02. The molecule has 4 nitrogen and oxygen atoms in total. The molecule has 96 valence electrons. The van der Waals surface area contributed by atoms with E-state index in [-0.39, 0.29) is 0 Å². The third-order valence-electron chi connectivity index (χ3n) is 2.54. The second-order valence-electron chi connectivity index (χ2n) is 3.89. The fraction of sp³-hybridized carbons (Fsp3) is 0.385. The zero-order valence-electron chi connectivity index (χ0n) is 10.6. The predicted molar refractivity (Wildman–Crippen MR) is 72.8 cm³/mol. The third-order valence-corrected chi connectivity index (χ3v) is 3.68. The van der Waals surface area contributed by atoms with Gasteiger partial charge in [-0.2, -0.15) is 0 Å². The van der Waals surface area contributed by atoms with Crippen molar-refractivity contribution in [2.75, 3.05) is 7.11 Å². The number of aromatic nitrogens is 2. The Morgan fingerprint density at radius 1 is 1.22 bits per heavy atom. The average Bonchev–Trinajstić information content (AvgIpc) is 2.87. The molecule has 0 amide bonds. The molecule has 0 aliphatic carbocycles. The van der Waals surface area contributed by atoms with Crippen LogP contribution < -0.4 is 10.1 Å². The number of hydrogen-bond donors (Lipinski definition) is 1. The fourth-order valence-electron chi connectivity index (χ4n) is 1.56. The summed E-state index contributed by atoms with van der Waals surface area (Å²) in [4.78, 5) is 9.77. The van der Waals surface area contributed by atoms with Gasteiger partial charge in [-0.1, -0.05) is 13.0 Å². The molecule has 0 spiro atoms. The Balaban J connectivity index is 1.80. The van der Waals surface area contributed by atoms with Gasteiger partial charge in [0.15, 0.2) is 0 Å². The molecule has 5 heteroatoms. The Morgan fingerprint density at radius 3 is 2.72 bits per heavy atom. The van der Waals surface area contributed by atoms with Crippen LogP contribution in [0, 0.1) is 0 Å². The van der Waals surface area contributed by atoms with Gasteiger partial charge in [0.25, 0.3) is 0 Å². The van der Waals surface area contributed by atoms with E-state index in [1.807, 2.05) is 24.5 Å². The molecular weight excluding hydrogens is 246 g/mol. The number of thiazole rings is 1. The average molecular weight is 263 g/mol. The number of rotatable bonds is 6. The third kappa shape index (κ3) is 3.51. The predicted octanol–water partition coefficient (Wildman–Crippen LogP) is 2.40. The summed E-state index contributed by atoms with van der Waals surface area (Å²) >= 11 is 1.76. The first-order valence-corrected chi connectivity index (χ1v) is 6.76. The zero-order chi connectivity index (χ0) is 12.8. The largest absolute Gasteiger partial charge is 0.481 e. The molecule has 0 aliphatic heterocycles. The number of hydrogen-bond acceptors (Lipinski definition) is 5. The smallest absolute Gasteiger partial charge is 0.212 e. The van der Waals surface area contributed by atoms with Crippen molar-refractivity contribution in [2.24, 2.45) is 0 Å². The number of aryl methyl sites for hydroxylation is 1. The van der Waals surface area contributed by atoms with Crippen molar-refractivity contribution >= 4 is 11.3 Å². The van der Waals surface area contributed by atoms with E-state index in [1.165, 1.54) is 9.88 Å². The van der Waals surface area contributed by atoms with Gasteiger partial charge in [-0.3, -0.25) is 0 Å². The molecule has 0 aliphatic rings. The molecule has 2 aromatic rings. The van der Waals surface area contributed by atoms with Crippen molar-refractivity contribution in [3.8, 4) is 5.88 Å². The molecule has 2 heterocycles. The van der Waals surface area contributed by atoms with Crippen LogP contribution in [0.5, 0.6) is 5.88 Å². The quantitative estimate of drug-likeness (QED) is 0.869. The van der Waals surface area contributed by atoms with Gasteiger partial charge in [0.1, 0.15) is 0 Å². The van der Waals surface area contributed by atoms with E-state index >= 15 is 0 Å². The molecule has 0 aromatic carbocycles. The van der Waals surface area contributed by atoms with Crippen molar-refractivity contribution in [3.63, 3.8) is 0 Å². The molecule has 0 saturated carbocycles. The first-order chi connectivity index (χ1) is 8.81. The SMILES string of the molecule is CCc1ncc(CNCc2ccc(OC)nc2)s1. The van der Waals surface area contributed by atoms with Crippen LogP contribution >= 0.6 is 11.3 Å². The Labute approximate surface area is 111 Å². The zero-order valence-corrected chi connectivity index (χ0v) is 11.5. The molecule has 18 heavy (non-hydrogen) atoms. The lowest BCUT2D eigenvalue weighted by Gasteiger charge is -2.03. The monoisotopic (exact) mass is 263 g/mol. The number of methoxy groups -OCH3 is 1. The van der Waals surface area contributed by atoms with Crippen LogP contribution in [0.3, 0.4) is 0 Å². The maximum Gasteiger partial charge on any atom is 0.212 e. The molecular formula is C13H17N3OS. The highest BCUT2D eigenvalue weighted by Gasteiger charge is 2.00. The molecule has 0 unspecified atom stereocenters. The summed E-state index contributed by atoms with van der Waals surface area (Å²) in [5, 5.41) is 4.57. The van der Waals surface area contributed by atoms with Gasteiger partial charge in [-0.05, 0) is 12.0 Å². The first kappa shape index (κ1) is 13.0. The molecule has 2 aromatic heterocycles. The molecule has 0 atom stereocenters. The Morgan fingerprint density at radius 2 is 2.11 bits per heavy atom. The highest BCUT2D eigenvalue weighted by Crippen LogP contribution is 2.13. The Kier molecular flexibility index (Phi) is 4.66. The van der Waals surface area contributed by atoms with Crippen LogP contribution in [0.4, 0.5) is 0 Å². The summed E-state index contributed by atoms with van der Waals surface area (Å²) in [6.07, 6.45) is 4.78. The van der Waals surface area contributed by atoms with Crippen molar-refractivity contribution in [2.45, 2.75) is 26.4 Å². The van der Waals surface area contributed by atoms with Gasteiger partial charge in [-0.15, -0.1) is 11.3 Å². The lowest BCUT2D eigenvalue weighted by molar-refractivity contribution is 0.397. The van der Waals surface area contributed by atoms with E-state index in [1.54, 1.807) is 18.4 Å². The summed E-state index contributed by atoms with van der Waals surface area (Å²) in [6.45, 7) is 3.78. The first-order valence-electron chi connectivity index (χ1n) is 5.95. The normalized spacial score (nSPS) is 10.6. The van der Waals surface area contributed by atoms with Crippen LogP contribution in [0.15, 0.2) is 24.5 Å². The van der Waals surface area contributed by atoms with Crippen molar-refractivity contribution in [1.82, 2.24) is 15.3 Å².